The summed E-state index contributed by atoms with van der Waals surface area (Å²) < 4.78 is 15.8. The Hall–Kier alpha value is -3.35. The van der Waals surface area contributed by atoms with Crippen molar-refractivity contribution in [1.29, 1.82) is 5.26 Å². The van der Waals surface area contributed by atoms with Crippen molar-refractivity contribution in [2.45, 2.75) is 50.7 Å². The van der Waals surface area contributed by atoms with Crippen molar-refractivity contribution in [3.8, 4) is 17.6 Å². The van der Waals surface area contributed by atoms with Crippen LogP contribution in [-0.4, -0.2) is 41.7 Å². The van der Waals surface area contributed by atoms with Gasteiger partial charge in [0.05, 0.1) is 17.1 Å². The molecule has 0 spiro atoms. The Balaban J connectivity index is 1.74. The number of fused-ring (bicyclic) bond motifs is 1. The molecule has 0 aromatic heterocycles. The van der Waals surface area contributed by atoms with Crippen LogP contribution in [0.4, 0.5) is 5.69 Å². The van der Waals surface area contributed by atoms with Gasteiger partial charge in [0.25, 0.3) is 11.6 Å². The third-order valence-corrected chi connectivity index (χ3v) is 5.01. The molecule has 0 radical (unpaired) electrons. The van der Waals surface area contributed by atoms with Crippen molar-refractivity contribution in [1.82, 2.24) is 5.32 Å². The molecule has 0 unspecified atom stereocenters. The number of benzene rings is 1. The van der Waals surface area contributed by atoms with E-state index in [1.807, 2.05) is 0 Å². The molecule has 10 heteroatoms. The van der Waals surface area contributed by atoms with E-state index in [0.29, 0.717) is 12.8 Å². The van der Waals surface area contributed by atoms with E-state index in [2.05, 4.69) is 11.4 Å². The van der Waals surface area contributed by atoms with Crippen LogP contribution in [0.15, 0.2) is 12.1 Å². The minimum atomic E-state index is -1.23. The number of esters is 1. The van der Waals surface area contributed by atoms with Gasteiger partial charge >= 0.3 is 5.97 Å². The maximum Gasteiger partial charge on any atom is 0.346 e. The highest BCUT2D eigenvalue weighted by Gasteiger charge is 2.36. The quantitative estimate of drug-likeness (QED) is 0.448. The summed E-state index contributed by atoms with van der Waals surface area (Å²) in [5, 5.41) is 23.5. The number of carbonyl (C=O) groups excluding carboxylic acids is 2. The van der Waals surface area contributed by atoms with E-state index in [1.54, 1.807) is 0 Å². The van der Waals surface area contributed by atoms with E-state index in [1.165, 1.54) is 13.0 Å². The van der Waals surface area contributed by atoms with Crippen molar-refractivity contribution in [2.24, 2.45) is 0 Å². The van der Waals surface area contributed by atoms with E-state index in [-0.39, 0.29) is 30.3 Å². The molecule has 1 aliphatic heterocycles. The fraction of sp³-hybridized carbons (Fsp3) is 0.526. The second-order valence-electron chi connectivity index (χ2n) is 7.06. The average molecular weight is 403 g/mol. The molecule has 1 N–H and O–H groups in total. The topological polar surface area (TPSA) is 141 Å². The largest absolute Gasteiger partial charge is 0.486 e. The number of hydrogen-bond acceptors (Lipinski definition) is 8. The molecule has 1 aliphatic carbocycles. The molecule has 1 aromatic rings. The molecule has 1 fully saturated rings. The summed E-state index contributed by atoms with van der Waals surface area (Å²) in [4.78, 5) is 35.7. The first-order valence-electron chi connectivity index (χ1n) is 9.37. The molecular formula is C19H21N3O7. The molecule has 0 bridgehead atoms. The summed E-state index contributed by atoms with van der Waals surface area (Å²) >= 11 is 0. The van der Waals surface area contributed by atoms with Gasteiger partial charge in [0.15, 0.2) is 17.6 Å². The van der Waals surface area contributed by atoms with E-state index >= 15 is 0 Å². The first-order valence-corrected chi connectivity index (χ1v) is 9.37. The van der Waals surface area contributed by atoms with Crippen LogP contribution < -0.4 is 14.8 Å². The molecule has 1 aromatic carbocycles. The second-order valence-corrected chi connectivity index (χ2v) is 7.06. The third-order valence-electron chi connectivity index (χ3n) is 5.01. The van der Waals surface area contributed by atoms with Gasteiger partial charge in [0, 0.05) is 6.07 Å². The van der Waals surface area contributed by atoms with Crippen LogP contribution in [0.25, 0.3) is 0 Å². The number of nitro groups is 1. The monoisotopic (exact) mass is 403 g/mol. The molecule has 10 nitrogen and oxygen atoms in total. The summed E-state index contributed by atoms with van der Waals surface area (Å²) in [7, 11) is 0. The predicted octanol–water partition coefficient (Wildman–Crippen LogP) is 2.25. The Morgan fingerprint density at radius 3 is 2.45 bits per heavy atom. The van der Waals surface area contributed by atoms with Crippen LogP contribution in [0.3, 0.4) is 0 Å². The zero-order valence-electron chi connectivity index (χ0n) is 15.9. The number of nitrogens with zero attached hydrogens (tertiary/aromatic N) is 2. The minimum Gasteiger partial charge on any atom is -0.486 e. The van der Waals surface area contributed by atoms with Crippen LogP contribution in [0.5, 0.6) is 11.5 Å². The molecule has 154 valence electrons. The Kier molecular flexibility index (Phi) is 5.87. The van der Waals surface area contributed by atoms with Gasteiger partial charge < -0.3 is 19.5 Å². The van der Waals surface area contributed by atoms with Gasteiger partial charge in [0.2, 0.25) is 0 Å². The van der Waals surface area contributed by atoms with E-state index in [4.69, 9.17) is 14.2 Å². The van der Waals surface area contributed by atoms with Crippen molar-refractivity contribution in [3.05, 3.63) is 27.8 Å². The number of amides is 1. The molecule has 29 heavy (non-hydrogen) atoms. The van der Waals surface area contributed by atoms with E-state index in [0.717, 1.165) is 25.3 Å². The normalized spacial score (nSPS) is 18.1. The lowest BCUT2D eigenvalue weighted by Gasteiger charge is -2.32. The van der Waals surface area contributed by atoms with Crippen molar-refractivity contribution >= 4 is 17.6 Å². The lowest BCUT2D eigenvalue weighted by Crippen LogP contribution is -2.52. The van der Waals surface area contributed by atoms with Crippen LogP contribution in [0, 0.1) is 21.4 Å². The van der Waals surface area contributed by atoms with Crippen molar-refractivity contribution in [2.75, 3.05) is 13.2 Å². The fourth-order valence-electron chi connectivity index (χ4n) is 3.43. The van der Waals surface area contributed by atoms with E-state index in [9.17, 15) is 25.0 Å². The maximum atomic E-state index is 12.5. The molecule has 2 aliphatic rings. The van der Waals surface area contributed by atoms with Crippen LogP contribution in [0.2, 0.25) is 0 Å². The second kappa shape index (κ2) is 8.34. The number of nitriles is 1. The van der Waals surface area contributed by atoms with Crippen molar-refractivity contribution < 1.29 is 28.7 Å². The molecular weight excluding hydrogens is 382 g/mol. The van der Waals surface area contributed by atoms with Gasteiger partial charge in [-0.15, -0.1) is 0 Å². The van der Waals surface area contributed by atoms with Gasteiger partial charge in [-0.3, -0.25) is 14.9 Å². The zero-order valence-corrected chi connectivity index (χ0v) is 15.9. The summed E-state index contributed by atoms with van der Waals surface area (Å²) in [6.07, 6.45) is 2.48. The number of hydrogen-bond donors (Lipinski definition) is 1. The summed E-state index contributed by atoms with van der Waals surface area (Å²) in [6, 6.07) is 4.43. The number of nitro benzene ring substituents is 1. The van der Waals surface area contributed by atoms with Gasteiger partial charge in [-0.1, -0.05) is 19.3 Å². The molecule has 1 saturated carbocycles. The first kappa shape index (κ1) is 20.4. The lowest BCUT2D eigenvalue weighted by atomic mass is 9.83. The van der Waals surface area contributed by atoms with Gasteiger partial charge in [-0.05, 0) is 19.8 Å². The lowest BCUT2D eigenvalue weighted by molar-refractivity contribution is -0.385. The van der Waals surface area contributed by atoms with Gasteiger partial charge in [0.1, 0.15) is 24.3 Å². The van der Waals surface area contributed by atoms with E-state index < -0.39 is 34.1 Å². The van der Waals surface area contributed by atoms with Crippen molar-refractivity contribution in [3.63, 3.8) is 0 Å². The Labute approximate surface area is 166 Å². The SMILES string of the molecule is C[C@H](OC(=O)c1cc2c(cc1[N+](=O)[O-])OCCO2)C(=O)NC1(C#N)CCCCC1. The summed E-state index contributed by atoms with van der Waals surface area (Å²) in [5.74, 6) is -1.30. The highest BCUT2D eigenvalue weighted by Crippen LogP contribution is 2.37. The van der Waals surface area contributed by atoms with Crippen LogP contribution >= 0.6 is 0 Å². The maximum absolute atomic E-state index is 12.5. The Morgan fingerprint density at radius 1 is 1.24 bits per heavy atom. The standard InChI is InChI=1S/C19H21N3O7/c1-12(17(23)21-19(11-20)5-3-2-4-6-19)29-18(24)13-9-15-16(28-8-7-27-15)10-14(13)22(25)26/h9-10,12H,2-8H2,1H3,(H,21,23)/t12-/m0/s1. The average Bonchev–Trinajstić information content (AvgIpc) is 2.73. The zero-order chi connectivity index (χ0) is 21.0. The molecule has 1 heterocycles. The molecule has 1 amide bonds. The Bertz CT molecular complexity index is 871. The van der Waals surface area contributed by atoms with Gasteiger partial charge in [-0.25, -0.2) is 4.79 Å². The minimum absolute atomic E-state index is 0.165. The highest BCUT2D eigenvalue weighted by atomic mass is 16.6. The first-order chi connectivity index (χ1) is 13.8. The number of ether oxygens (including phenoxy) is 3. The highest BCUT2D eigenvalue weighted by molar-refractivity contribution is 5.96. The number of rotatable bonds is 5. The van der Waals surface area contributed by atoms with Crippen LogP contribution in [0.1, 0.15) is 49.4 Å². The fourth-order valence-corrected chi connectivity index (χ4v) is 3.43. The molecule has 3 rings (SSSR count). The molecule has 1 atom stereocenters. The smallest absolute Gasteiger partial charge is 0.346 e. The summed E-state index contributed by atoms with van der Waals surface area (Å²) in [6.45, 7) is 1.84. The Morgan fingerprint density at radius 2 is 1.86 bits per heavy atom. The molecule has 0 saturated heterocycles. The van der Waals surface area contributed by atoms with Crippen LogP contribution in [-0.2, 0) is 9.53 Å². The third kappa shape index (κ3) is 4.39. The number of nitrogens with one attached hydrogen (secondary N) is 1. The summed E-state index contributed by atoms with van der Waals surface area (Å²) in [5.41, 5.74) is -1.82. The number of carbonyl (C=O) groups is 2. The predicted molar refractivity (Wildman–Crippen MR) is 98.5 cm³/mol. The van der Waals surface area contributed by atoms with Gasteiger partial charge in [-0.2, -0.15) is 5.26 Å².